The van der Waals surface area contributed by atoms with Gasteiger partial charge in [-0.25, -0.2) is 8.42 Å². The van der Waals surface area contributed by atoms with E-state index in [1.54, 1.807) is 7.05 Å². The average Bonchev–Trinajstić information content (AvgIpc) is 2.82. The fourth-order valence-corrected chi connectivity index (χ4v) is 4.69. The number of benzene rings is 1. The highest BCUT2D eigenvalue weighted by atomic mass is 79.9. The number of nitrogens with zero attached hydrogens (tertiary/aromatic N) is 1. The molecule has 1 aromatic carbocycles. The summed E-state index contributed by atoms with van der Waals surface area (Å²) in [5.74, 6) is 1.09. The summed E-state index contributed by atoms with van der Waals surface area (Å²) in [6.45, 7) is 5.02. The van der Waals surface area contributed by atoms with Gasteiger partial charge in [0.1, 0.15) is 0 Å². The second-order valence-electron chi connectivity index (χ2n) is 6.56. The smallest absolute Gasteiger partial charge is 0.191 e. The molecule has 2 N–H and O–H groups in total. The number of guanidine groups is 1. The van der Waals surface area contributed by atoms with E-state index in [0.29, 0.717) is 18.9 Å². The van der Waals surface area contributed by atoms with Gasteiger partial charge in [0.25, 0.3) is 0 Å². The van der Waals surface area contributed by atoms with Gasteiger partial charge in [0, 0.05) is 29.5 Å². The quantitative estimate of drug-likeness (QED) is 0.598. The van der Waals surface area contributed by atoms with Gasteiger partial charge in [0.05, 0.1) is 11.5 Å². The van der Waals surface area contributed by atoms with Crippen LogP contribution in [0.5, 0.6) is 0 Å². The molecule has 0 radical (unpaired) electrons. The Morgan fingerprint density at radius 2 is 2.17 bits per heavy atom. The zero-order valence-corrected chi connectivity index (χ0v) is 16.2. The fraction of sp³-hybridized carbons (Fsp3) is 0.562. The predicted molar refractivity (Wildman–Crippen MR) is 98.7 cm³/mol. The van der Waals surface area contributed by atoms with E-state index >= 15 is 0 Å². The summed E-state index contributed by atoms with van der Waals surface area (Å²) in [4.78, 5) is 4.20. The number of hydrogen-bond acceptors (Lipinski definition) is 3. The van der Waals surface area contributed by atoms with Crippen molar-refractivity contribution >= 4 is 31.7 Å². The maximum absolute atomic E-state index is 11.5. The molecule has 0 aromatic heterocycles. The maximum Gasteiger partial charge on any atom is 0.191 e. The molecule has 1 unspecified atom stereocenters. The van der Waals surface area contributed by atoms with Crippen LogP contribution in [-0.2, 0) is 15.3 Å². The predicted octanol–water partition coefficient (Wildman–Crippen LogP) is 2.08. The Labute approximate surface area is 147 Å². The summed E-state index contributed by atoms with van der Waals surface area (Å²) in [5, 5.41) is 6.52. The molecule has 0 spiro atoms. The lowest BCUT2D eigenvalue weighted by Gasteiger charge is -2.27. The van der Waals surface area contributed by atoms with Crippen molar-refractivity contribution in [3.63, 3.8) is 0 Å². The molecule has 1 heterocycles. The normalized spacial score (nSPS) is 21.2. The molecule has 1 aromatic rings. The lowest BCUT2D eigenvalue weighted by atomic mass is 9.85. The van der Waals surface area contributed by atoms with Crippen LogP contribution in [0.25, 0.3) is 0 Å². The van der Waals surface area contributed by atoms with Crippen LogP contribution < -0.4 is 10.6 Å². The molecule has 128 valence electrons. The largest absolute Gasteiger partial charge is 0.356 e. The third-order valence-electron chi connectivity index (χ3n) is 4.10. The van der Waals surface area contributed by atoms with Crippen molar-refractivity contribution in [2.24, 2.45) is 4.99 Å². The van der Waals surface area contributed by atoms with Crippen molar-refractivity contribution < 1.29 is 8.42 Å². The molecule has 23 heavy (non-hydrogen) atoms. The first-order valence-electron chi connectivity index (χ1n) is 7.65. The molecule has 0 saturated carbocycles. The molecular formula is C16H24BrN3O2S. The van der Waals surface area contributed by atoms with Crippen molar-refractivity contribution in [1.82, 2.24) is 10.6 Å². The highest BCUT2D eigenvalue weighted by Crippen LogP contribution is 2.25. The van der Waals surface area contributed by atoms with Crippen molar-refractivity contribution in [3.8, 4) is 0 Å². The number of aliphatic imine (C=N–C) groups is 1. The summed E-state index contributed by atoms with van der Waals surface area (Å²) in [7, 11) is -1.19. The van der Waals surface area contributed by atoms with Gasteiger partial charge >= 0.3 is 0 Å². The Balaban J connectivity index is 1.95. The van der Waals surface area contributed by atoms with E-state index in [-0.39, 0.29) is 23.0 Å². The molecule has 1 fully saturated rings. The molecule has 0 amide bonds. The number of rotatable bonds is 4. The first-order valence-corrected chi connectivity index (χ1v) is 10.3. The van der Waals surface area contributed by atoms with Gasteiger partial charge in [-0.15, -0.1) is 0 Å². The second kappa shape index (κ2) is 7.21. The molecule has 1 saturated heterocycles. The zero-order valence-electron chi connectivity index (χ0n) is 13.8. The Morgan fingerprint density at radius 1 is 1.43 bits per heavy atom. The number of hydrogen-bond donors (Lipinski definition) is 2. The number of sulfone groups is 1. The van der Waals surface area contributed by atoms with Crippen LogP contribution in [0, 0.1) is 0 Å². The van der Waals surface area contributed by atoms with Crippen LogP contribution in [0.2, 0.25) is 0 Å². The molecule has 2 rings (SSSR count). The van der Waals surface area contributed by atoms with E-state index in [1.807, 2.05) is 12.1 Å². The van der Waals surface area contributed by atoms with Crippen molar-refractivity contribution in [3.05, 3.63) is 34.3 Å². The topological polar surface area (TPSA) is 70.6 Å². The zero-order chi connectivity index (χ0) is 17.1. The summed E-state index contributed by atoms with van der Waals surface area (Å²) in [5.41, 5.74) is 1.14. The van der Waals surface area contributed by atoms with E-state index in [2.05, 4.69) is 57.5 Å². The first kappa shape index (κ1) is 18.3. The maximum atomic E-state index is 11.5. The molecule has 0 bridgehead atoms. The minimum atomic E-state index is -2.89. The van der Waals surface area contributed by atoms with Gasteiger partial charge in [-0.1, -0.05) is 41.9 Å². The van der Waals surface area contributed by atoms with Crippen molar-refractivity contribution in [2.45, 2.75) is 31.7 Å². The van der Waals surface area contributed by atoms with E-state index in [9.17, 15) is 8.42 Å². The van der Waals surface area contributed by atoms with Gasteiger partial charge in [0.15, 0.2) is 15.8 Å². The third kappa shape index (κ3) is 5.21. The van der Waals surface area contributed by atoms with E-state index in [1.165, 1.54) is 5.56 Å². The molecule has 1 aliphatic rings. The Bertz CT molecular complexity index is 686. The molecule has 7 heteroatoms. The Kier molecular flexibility index (Phi) is 5.73. The van der Waals surface area contributed by atoms with Crippen molar-refractivity contribution in [2.75, 3.05) is 25.1 Å². The molecule has 1 atom stereocenters. The monoisotopic (exact) mass is 401 g/mol. The highest BCUT2D eigenvalue weighted by Gasteiger charge is 2.29. The van der Waals surface area contributed by atoms with Crippen LogP contribution in [0.3, 0.4) is 0 Å². The summed E-state index contributed by atoms with van der Waals surface area (Å²) in [6, 6.07) is 8.19. The Morgan fingerprint density at radius 3 is 2.74 bits per heavy atom. The standard InChI is InChI=1S/C16H24BrN3O2S/c1-16(2,12-5-4-6-13(17)9-12)11-19-15(18-3)20-14-7-8-23(21,22)10-14/h4-6,9,14H,7-8,10-11H2,1-3H3,(H2,18,19,20). The van der Waals surface area contributed by atoms with Crippen LogP contribution in [0.4, 0.5) is 0 Å². The van der Waals surface area contributed by atoms with Crippen LogP contribution >= 0.6 is 15.9 Å². The highest BCUT2D eigenvalue weighted by molar-refractivity contribution is 9.10. The minimum Gasteiger partial charge on any atom is -0.356 e. The van der Waals surface area contributed by atoms with E-state index < -0.39 is 9.84 Å². The van der Waals surface area contributed by atoms with E-state index in [4.69, 9.17) is 0 Å². The SMILES string of the molecule is CN=C(NCC(C)(C)c1cccc(Br)c1)NC1CCS(=O)(=O)C1. The van der Waals surface area contributed by atoms with Gasteiger partial charge in [-0.3, -0.25) is 4.99 Å². The van der Waals surface area contributed by atoms with E-state index in [0.717, 1.165) is 4.47 Å². The van der Waals surface area contributed by atoms with Gasteiger partial charge in [0.2, 0.25) is 0 Å². The van der Waals surface area contributed by atoms with Gasteiger partial charge in [-0.05, 0) is 24.1 Å². The summed E-state index contributed by atoms with van der Waals surface area (Å²) in [6.07, 6.45) is 0.637. The molecular weight excluding hydrogens is 378 g/mol. The fourth-order valence-electron chi connectivity index (χ4n) is 2.61. The lowest BCUT2D eigenvalue weighted by molar-refractivity contribution is 0.505. The van der Waals surface area contributed by atoms with Crippen LogP contribution in [-0.4, -0.2) is 45.5 Å². The van der Waals surface area contributed by atoms with Gasteiger partial charge in [-0.2, -0.15) is 0 Å². The van der Waals surface area contributed by atoms with Gasteiger partial charge < -0.3 is 10.6 Å². The lowest BCUT2D eigenvalue weighted by Crippen LogP contribution is -2.47. The summed E-state index contributed by atoms with van der Waals surface area (Å²) >= 11 is 3.50. The van der Waals surface area contributed by atoms with Crippen molar-refractivity contribution in [1.29, 1.82) is 0 Å². The second-order valence-corrected chi connectivity index (χ2v) is 9.71. The van der Waals surface area contributed by atoms with Crippen LogP contribution in [0.15, 0.2) is 33.7 Å². The minimum absolute atomic E-state index is 0.0554. The molecule has 0 aliphatic carbocycles. The molecule has 5 nitrogen and oxygen atoms in total. The molecule has 1 aliphatic heterocycles. The Hall–Kier alpha value is -1.08. The first-order chi connectivity index (χ1) is 10.7. The number of nitrogens with one attached hydrogen (secondary N) is 2. The average molecular weight is 402 g/mol. The van der Waals surface area contributed by atoms with Crippen LogP contribution in [0.1, 0.15) is 25.8 Å². The number of halogens is 1. The third-order valence-corrected chi connectivity index (χ3v) is 6.36. The summed E-state index contributed by atoms with van der Waals surface area (Å²) < 4.78 is 24.1.